The highest BCUT2D eigenvalue weighted by atomic mass is 19.1. The van der Waals surface area contributed by atoms with E-state index in [1.54, 1.807) is 30.3 Å². The van der Waals surface area contributed by atoms with Crippen LogP contribution in [0.15, 0.2) is 67.0 Å². The third-order valence-corrected chi connectivity index (χ3v) is 7.36. The molecule has 0 radical (unpaired) electrons. The van der Waals surface area contributed by atoms with Crippen LogP contribution in [-0.2, 0) is 4.79 Å². The largest absolute Gasteiger partial charge is 0.493 e. The molecule has 0 spiro atoms. The predicted octanol–water partition coefficient (Wildman–Crippen LogP) is 5.22. The minimum absolute atomic E-state index is 0.0995. The summed E-state index contributed by atoms with van der Waals surface area (Å²) in [5, 5.41) is 3.91. The monoisotopic (exact) mass is 572 g/mol. The molecule has 4 aromatic rings. The van der Waals surface area contributed by atoms with Crippen molar-refractivity contribution in [2.24, 2.45) is 5.73 Å². The number of amides is 1. The van der Waals surface area contributed by atoms with Crippen molar-refractivity contribution in [2.75, 3.05) is 51.2 Å². The Morgan fingerprint density at radius 2 is 1.76 bits per heavy atom. The van der Waals surface area contributed by atoms with Crippen LogP contribution >= 0.6 is 0 Å². The molecule has 1 fully saturated rings. The number of piperazine rings is 1. The van der Waals surface area contributed by atoms with Gasteiger partial charge < -0.3 is 25.6 Å². The SMILES string of the molecule is CCN1CCN(CCCOc2cc3ncnc(Nc4cccc(-c5c(F)cccc5F)c4)c3cc2C=CC(N)=O)CC1. The lowest BCUT2D eigenvalue weighted by atomic mass is 10.0. The van der Waals surface area contributed by atoms with Crippen LogP contribution < -0.4 is 15.8 Å². The molecule has 1 aromatic heterocycles. The quantitative estimate of drug-likeness (QED) is 0.188. The molecule has 0 saturated carbocycles. The van der Waals surface area contributed by atoms with E-state index in [2.05, 4.69) is 32.0 Å². The fraction of sp³-hybridized carbons (Fsp3) is 0.281. The van der Waals surface area contributed by atoms with E-state index in [1.165, 1.54) is 30.6 Å². The smallest absolute Gasteiger partial charge is 0.241 e. The number of anilines is 2. The molecule has 0 bridgehead atoms. The van der Waals surface area contributed by atoms with Crippen molar-refractivity contribution in [3.63, 3.8) is 0 Å². The fourth-order valence-electron chi connectivity index (χ4n) is 5.09. The summed E-state index contributed by atoms with van der Waals surface area (Å²) in [7, 11) is 0. The predicted molar refractivity (Wildman–Crippen MR) is 162 cm³/mol. The van der Waals surface area contributed by atoms with Gasteiger partial charge in [0, 0.05) is 61.5 Å². The lowest BCUT2D eigenvalue weighted by Gasteiger charge is -2.33. The first-order valence-corrected chi connectivity index (χ1v) is 14.1. The molecule has 1 aliphatic rings. The second-order valence-corrected chi connectivity index (χ2v) is 10.1. The van der Waals surface area contributed by atoms with Crippen LogP contribution in [-0.4, -0.2) is 71.6 Å². The number of benzene rings is 3. The van der Waals surface area contributed by atoms with Gasteiger partial charge in [-0.05, 0) is 54.9 Å². The standard InChI is InChI=1S/C32H34F2N6O2/c1-2-39-13-15-40(16-14-39)12-5-17-42-29-20-28-25(19-22(29)10-11-30(35)41)32(37-21-36-28)38-24-7-3-6-23(18-24)31-26(33)8-4-9-27(31)34/h3-4,6-11,18-21H,2,5,12-17H2,1H3,(H2,35,41)(H,36,37,38). The Balaban J connectivity index is 1.36. The first-order chi connectivity index (χ1) is 20.4. The van der Waals surface area contributed by atoms with Gasteiger partial charge in [0.2, 0.25) is 5.91 Å². The average Bonchev–Trinajstić information content (AvgIpc) is 2.99. The number of halogens is 2. The summed E-state index contributed by atoms with van der Waals surface area (Å²) >= 11 is 0. The Morgan fingerprint density at radius 3 is 2.50 bits per heavy atom. The number of carbonyl (C=O) groups is 1. The number of hydrogen-bond donors (Lipinski definition) is 2. The Kier molecular flexibility index (Phi) is 9.35. The highest BCUT2D eigenvalue weighted by Crippen LogP contribution is 2.33. The number of nitrogens with zero attached hydrogens (tertiary/aromatic N) is 4. The first-order valence-electron chi connectivity index (χ1n) is 14.1. The Bertz CT molecular complexity index is 1570. The molecule has 218 valence electrons. The van der Waals surface area contributed by atoms with E-state index in [9.17, 15) is 13.6 Å². The van der Waals surface area contributed by atoms with Gasteiger partial charge in [-0.1, -0.05) is 25.1 Å². The van der Waals surface area contributed by atoms with E-state index < -0.39 is 17.5 Å². The zero-order valence-corrected chi connectivity index (χ0v) is 23.5. The molecule has 0 aliphatic carbocycles. The second kappa shape index (κ2) is 13.5. The molecule has 8 nitrogen and oxygen atoms in total. The van der Waals surface area contributed by atoms with Crippen LogP contribution in [0, 0.1) is 11.6 Å². The number of fused-ring (bicyclic) bond motifs is 1. The summed E-state index contributed by atoms with van der Waals surface area (Å²) < 4.78 is 35.0. The molecule has 1 saturated heterocycles. The molecular weight excluding hydrogens is 538 g/mol. The summed E-state index contributed by atoms with van der Waals surface area (Å²) in [6, 6.07) is 14.2. The van der Waals surface area contributed by atoms with Crippen molar-refractivity contribution < 1.29 is 18.3 Å². The van der Waals surface area contributed by atoms with Gasteiger partial charge in [0.1, 0.15) is 29.5 Å². The van der Waals surface area contributed by atoms with Crippen molar-refractivity contribution in [3.05, 3.63) is 84.2 Å². The Hall–Kier alpha value is -4.41. The number of nitrogens with one attached hydrogen (secondary N) is 1. The number of rotatable bonds is 11. The third kappa shape index (κ3) is 7.07. The molecule has 5 rings (SSSR count). The Labute approximate surface area is 243 Å². The van der Waals surface area contributed by atoms with E-state index in [-0.39, 0.29) is 5.56 Å². The van der Waals surface area contributed by atoms with Gasteiger partial charge in [-0.25, -0.2) is 18.7 Å². The number of primary amides is 1. The van der Waals surface area contributed by atoms with Gasteiger partial charge >= 0.3 is 0 Å². The number of hydrogen-bond acceptors (Lipinski definition) is 7. The first kappa shape index (κ1) is 29.1. The third-order valence-electron chi connectivity index (χ3n) is 7.36. The summed E-state index contributed by atoms with van der Waals surface area (Å²) in [6.45, 7) is 9.02. The number of ether oxygens (including phenoxy) is 1. The van der Waals surface area contributed by atoms with Gasteiger partial charge in [-0.15, -0.1) is 0 Å². The topological polar surface area (TPSA) is 96.6 Å². The van der Waals surface area contributed by atoms with Crippen molar-refractivity contribution >= 4 is 34.4 Å². The number of likely N-dealkylation sites (N-methyl/N-ethyl adjacent to an activating group) is 1. The fourth-order valence-corrected chi connectivity index (χ4v) is 5.09. The van der Waals surface area contributed by atoms with Crippen LogP contribution in [0.25, 0.3) is 28.1 Å². The van der Waals surface area contributed by atoms with Crippen molar-refractivity contribution in [1.29, 1.82) is 0 Å². The number of nitrogens with two attached hydrogens (primary N) is 1. The van der Waals surface area contributed by atoms with Crippen molar-refractivity contribution in [3.8, 4) is 16.9 Å². The van der Waals surface area contributed by atoms with Crippen molar-refractivity contribution in [1.82, 2.24) is 19.8 Å². The maximum atomic E-state index is 14.4. The minimum Gasteiger partial charge on any atom is -0.493 e. The molecule has 2 heterocycles. The summed E-state index contributed by atoms with van der Waals surface area (Å²) in [5.41, 5.74) is 7.54. The number of carbonyl (C=O) groups excluding carboxylic acids is 1. The summed E-state index contributed by atoms with van der Waals surface area (Å²) in [4.78, 5) is 25.3. The van der Waals surface area contributed by atoms with Crippen LogP contribution in [0.2, 0.25) is 0 Å². The van der Waals surface area contributed by atoms with E-state index in [4.69, 9.17) is 10.5 Å². The van der Waals surface area contributed by atoms with Crippen LogP contribution in [0.1, 0.15) is 18.9 Å². The van der Waals surface area contributed by atoms with E-state index in [0.717, 1.165) is 45.7 Å². The summed E-state index contributed by atoms with van der Waals surface area (Å²) in [6.07, 6.45) is 5.19. The molecular formula is C32H34F2N6O2. The number of aromatic nitrogens is 2. The highest BCUT2D eigenvalue weighted by molar-refractivity contribution is 5.96. The molecule has 1 aliphatic heterocycles. The minimum atomic E-state index is -0.642. The molecule has 42 heavy (non-hydrogen) atoms. The van der Waals surface area contributed by atoms with Gasteiger partial charge in [0.15, 0.2) is 0 Å². The average molecular weight is 573 g/mol. The van der Waals surface area contributed by atoms with E-state index in [1.807, 2.05) is 12.1 Å². The maximum Gasteiger partial charge on any atom is 0.241 e. The van der Waals surface area contributed by atoms with Crippen LogP contribution in [0.3, 0.4) is 0 Å². The normalized spacial score (nSPS) is 14.5. The zero-order chi connectivity index (χ0) is 29.5. The highest BCUT2D eigenvalue weighted by Gasteiger charge is 2.16. The Morgan fingerprint density at radius 1 is 1.02 bits per heavy atom. The molecule has 3 aromatic carbocycles. The van der Waals surface area contributed by atoms with Crippen molar-refractivity contribution in [2.45, 2.75) is 13.3 Å². The molecule has 10 heteroatoms. The molecule has 1 amide bonds. The van der Waals surface area contributed by atoms with Gasteiger partial charge in [0.05, 0.1) is 17.7 Å². The second-order valence-electron chi connectivity index (χ2n) is 10.1. The lowest BCUT2D eigenvalue weighted by Crippen LogP contribution is -2.46. The van der Waals surface area contributed by atoms with Gasteiger partial charge in [-0.3, -0.25) is 4.79 Å². The summed E-state index contributed by atoms with van der Waals surface area (Å²) in [5.74, 6) is -0.795. The van der Waals surface area contributed by atoms with Crippen LogP contribution in [0.4, 0.5) is 20.3 Å². The molecule has 3 N–H and O–H groups in total. The molecule has 0 atom stereocenters. The van der Waals surface area contributed by atoms with Crippen LogP contribution in [0.5, 0.6) is 5.75 Å². The lowest BCUT2D eigenvalue weighted by molar-refractivity contribution is -0.113. The van der Waals surface area contributed by atoms with E-state index in [0.29, 0.717) is 45.9 Å². The van der Waals surface area contributed by atoms with Gasteiger partial charge in [0.25, 0.3) is 0 Å². The van der Waals surface area contributed by atoms with E-state index >= 15 is 0 Å². The van der Waals surface area contributed by atoms with Gasteiger partial charge in [-0.2, -0.15) is 0 Å². The maximum absolute atomic E-state index is 14.4. The zero-order valence-electron chi connectivity index (χ0n) is 23.5. The molecule has 0 unspecified atom stereocenters.